The largest absolute Gasteiger partial charge is 0.489 e. The molecular formula is C51H60N8O9S. The van der Waals surface area contributed by atoms with Crippen LogP contribution in [0.2, 0.25) is 0 Å². The molecule has 18 heteroatoms. The van der Waals surface area contributed by atoms with Crippen LogP contribution in [0, 0.1) is 15.5 Å². The molecule has 4 N–H and O–H groups in total. The maximum Gasteiger partial charge on any atom is 0.297 e. The van der Waals surface area contributed by atoms with Crippen LogP contribution in [0.1, 0.15) is 99.7 Å². The topological polar surface area (TPSA) is 208 Å². The Balaban J connectivity index is 0.995. The first-order chi connectivity index (χ1) is 33.2. The van der Waals surface area contributed by atoms with Crippen molar-refractivity contribution in [2.24, 2.45) is 11.1 Å². The SMILES string of the molecule is CC(C)OC[C@@H]1COc2cc(S(=O)(=O)c3c(N4CCC5(CC4)CC(N4CCC[C@H]4c4ccccc4C(C)C)C5)ccc(C(N)=O)c3N3c4cc5cc[nH]c5nc4O[C@@H]4COC[C@H]43)cc([N+](=O)[O-])c2N1. The van der Waals surface area contributed by atoms with Crippen molar-refractivity contribution < 1.29 is 37.1 Å². The number of aromatic amines is 1. The van der Waals surface area contributed by atoms with Crippen LogP contribution in [0.4, 0.5) is 28.4 Å². The molecule has 6 aliphatic rings. The van der Waals surface area contributed by atoms with E-state index in [2.05, 4.69) is 58.2 Å². The lowest BCUT2D eigenvalue weighted by atomic mass is 9.59. The molecule has 7 heterocycles. The minimum Gasteiger partial charge on any atom is -0.489 e. The zero-order chi connectivity index (χ0) is 47.9. The Kier molecular flexibility index (Phi) is 11.5. The minimum absolute atomic E-state index is 0.0186. The molecule has 2 aromatic heterocycles. The van der Waals surface area contributed by atoms with E-state index in [9.17, 15) is 14.9 Å². The van der Waals surface area contributed by atoms with Gasteiger partial charge in [-0.2, -0.15) is 4.98 Å². The highest BCUT2D eigenvalue weighted by molar-refractivity contribution is 7.91. The predicted octanol–water partition coefficient (Wildman–Crippen LogP) is 8.01. The highest BCUT2D eigenvalue weighted by atomic mass is 32.2. The third-order valence-corrected chi connectivity index (χ3v) is 17.2. The second-order valence-corrected chi connectivity index (χ2v) is 22.3. The number of carbonyl (C=O) groups is 1. The summed E-state index contributed by atoms with van der Waals surface area (Å²) in [5.74, 6) is -0.154. The summed E-state index contributed by atoms with van der Waals surface area (Å²) >= 11 is 0. The molecule has 69 heavy (non-hydrogen) atoms. The number of nitrogens with zero attached hydrogens (tertiary/aromatic N) is 5. The summed E-state index contributed by atoms with van der Waals surface area (Å²) in [5, 5.41) is 16.8. The molecule has 5 aromatic rings. The zero-order valence-corrected chi connectivity index (χ0v) is 40.3. The Hall–Kier alpha value is -5.95. The van der Waals surface area contributed by atoms with Gasteiger partial charge in [-0.15, -0.1) is 0 Å². The number of nitro groups is 1. The van der Waals surface area contributed by atoms with Crippen molar-refractivity contribution in [3.8, 4) is 11.6 Å². The number of nitrogens with two attached hydrogens (primary N) is 1. The van der Waals surface area contributed by atoms with Crippen molar-refractivity contribution in [2.75, 3.05) is 61.2 Å². The maximum absolute atomic E-state index is 16.0. The van der Waals surface area contributed by atoms with Gasteiger partial charge in [0.05, 0.1) is 64.8 Å². The molecular weight excluding hydrogens is 901 g/mol. The second kappa shape index (κ2) is 17.5. The number of nitrogens with one attached hydrogen (secondary N) is 2. The quantitative estimate of drug-likeness (QED) is 0.0800. The standard InChI is InChI=1S/C51H60N8O9S/c1-29(2)35-8-5-6-9-36(35)38-10-7-17-57(38)33-23-51(24-33)14-18-56(19-15-51)39-12-11-37(48(52)60)46(58-41-20-31-13-16-53-49(31)55-50(41)68-44-28-65-27-42(44)58)47(39)69(63,64)34-21-40(59(61)62)45-43(22-34)67-26-32(54-45)25-66-30(3)4/h5-6,8-9,11-13,16,20-22,29-30,32-33,38,42,44,54H,7,10,14-15,17-19,23-28H2,1-4H3,(H2,52,60)(H,53,55)/t32-,38+,42-,44-/m1/s1. The van der Waals surface area contributed by atoms with Gasteiger partial charge in [-0.05, 0) is 106 Å². The Morgan fingerprint density at radius 1 is 1.01 bits per heavy atom. The van der Waals surface area contributed by atoms with Crippen LogP contribution in [0.25, 0.3) is 11.0 Å². The van der Waals surface area contributed by atoms with Crippen LogP contribution >= 0.6 is 0 Å². The number of nitro benzene ring substituents is 1. The summed E-state index contributed by atoms with van der Waals surface area (Å²) in [5.41, 5.74) is 10.2. The summed E-state index contributed by atoms with van der Waals surface area (Å²) < 4.78 is 56.3. The molecule has 3 aromatic carbocycles. The Labute approximate surface area is 401 Å². The van der Waals surface area contributed by atoms with Crippen LogP contribution in [0.5, 0.6) is 11.6 Å². The third kappa shape index (κ3) is 7.92. The van der Waals surface area contributed by atoms with Gasteiger partial charge in [0, 0.05) is 48.9 Å². The molecule has 4 fully saturated rings. The smallest absolute Gasteiger partial charge is 0.297 e. The number of aromatic nitrogens is 2. The summed E-state index contributed by atoms with van der Waals surface area (Å²) in [6.45, 7) is 11.2. The third-order valence-electron chi connectivity index (χ3n) is 15.4. The van der Waals surface area contributed by atoms with Crippen molar-refractivity contribution in [1.29, 1.82) is 0 Å². The number of piperidine rings is 1. The molecule has 17 nitrogen and oxygen atoms in total. The number of rotatable bonds is 12. The van der Waals surface area contributed by atoms with Gasteiger partial charge in [-0.3, -0.25) is 19.8 Å². The van der Waals surface area contributed by atoms with Crippen molar-refractivity contribution in [3.05, 3.63) is 93.7 Å². The number of benzene rings is 3. The van der Waals surface area contributed by atoms with Gasteiger partial charge >= 0.3 is 0 Å². The molecule has 1 saturated carbocycles. The number of hydrogen-bond acceptors (Lipinski definition) is 14. The number of amides is 1. The Bertz CT molecular complexity index is 2940. The van der Waals surface area contributed by atoms with Gasteiger partial charge in [0.15, 0.2) is 11.4 Å². The van der Waals surface area contributed by atoms with E-state index in [4.69, 9.17) is 29.7 Å². The number of H-pyrrole nitrogens is 1. The molecule has 364 valence electrons. The summed E-state index contributed by atoms with van der Waals surface area (Å²) in [6.07, 6.45) is 7.25. The molecule has 4 atom stereocenters. The lowest BCUT2D eigenvalue weighted by Gasteiger charge is -2.56. The number of pyridine rings is 1. The van der Waals surface area contributed by atoms with Crippen molar-refractivity contribution in [1.82, 2.24) is 14.9 Å². The highest BCUT2D eigenvalue weighted by Crippen LogP contribution is 2.56. The normalized spacial score (nSPS) is 23.3. The fourth-order valence-electron chi connectivity index (χ4n) is 12.0. The van der Waals surface area contributed by atoms with Crippen LogP contribution in [-0.2, 0) is 19.3 Å². The number of likely N-dealkylation sites (tertiary alicyclic amines) is 1. The Morgan fingerprint density at radius 3 is 2.57 bits per heavy atom. The first-order valence-corrected chi connectivity index (χ1v) is 25.8. The van der Waals surface area contributed by atoms with Gasteiger partial charge in [-0.1, -0.05) is 38.1 Å². The molecule has 3 saturated heterocycles. The summed E-state index contributed by atoms with van der Waals surface area (Å²) in [7, 11) is -4.77. The fourth-order valence-corrected chi connectivity index (χ4v) is 13.7. The number of fused-ring (bicyclic) bond motifs is 4. The van der Waals surface area contributed by atoms with Gasteiger partial charge < -0.3 is 44.8 Å². The molecule has 0 bridgehead atoms. The number of hydrogen-bond donors (Lipinski definition) is 3. The van der Waals surface area contributed by atoms with Gasteiger partial charge in [0.25, 0.3) is 11.6 Å². The van der Waals surface area contributed by atoms with E-state index >= 15 is 8.42 Å². The van der Waals surface area contributed by atoms with E-state index in [0.717, 1.165) is 50.1 Å². The molecule has 1 spiro atoms. The fraction of sp³-hybridized carbons (Fsp3) is 0.490. The molecule has 0 unspecified atom stereocenters. The van der Waals surface area contributed by atoms with Gasteiger partial charge in [0.1, 0.15) is 28.9 Å². The molecule has 1 aliphatic carbocycles. The minimum atomic E-state index is -4.77. The van der Waals surface area contributed by atoms with E-state index in [1.54, 1.807) is 23.2 Å². The first-order valence-electron chi connectivity index (χ1n) is 24.4. The Morgan fingerprint density at radius 2 is 1.81 bits per heavy atom. The van der Waals surface area contributed by atoms with E-state index in [1.165, 1.54) is 23.6 Å². The number of anilines is 4. The molecule has 0 radical (unpaired) electrons. The average Bonchev–Trinajstić information content (AvgIpc) is 4.12. The first kappa shape index (κ1) is 45.5. The monoisotopic (exact) mass is 960 g/mol. The average molecular weight is 961 g/mol. The van der Waals surface area contributed by atoms with E-state index in [0.29, 0.717) is 48.1 Å². The van der Waals surface area contributed by atoms with E-state index in [1.807, 2.05) is 26.0 Å². The molecule has 5 aliphatic heterocycles. The summed E-state index contributed by atoms with van der Waals surface area (Å²) in [6, 6.07) is 18.1. The van der Waals surface area contributed by atoms with Gasteiger partial charge in [-0.25, -0.2) is 8.42 Å². The van der Waals surface area contributed by atoms with E-state index in [-0.39, 0.29) is 76.3 Å². The van der Waals surface area contributed by atoms with Crippen LogP contribution in [0.15, 0.2) is 76.7 Å². The highest BCUT2D eigenvalue weighted by Gasteiger charge is 2.51. The molecule has 1 amide bonds. The number of sulfone groups is 1. The predicted molar refractivity (Wildman–Crippen MR) is 261 cm³/mol. The van der Waals surface area contributed by atoms with Crippen LogP contribution < -0.4 is 30.3 Å². The van der Waals surface area contributed by atoms with Crippen molar-refractivity contribution in [2.45, 2.75) is 118 Å². The van der Waals surface area contributed by atoms with Crippen molar-refractivity contribution in [3.63, 3.8) is 0 Å². The maximum atomic E-state index is 16.0. The number of primary amides is 1. The molecule has 11 rings (SSSR count). The van der Waals surface area contributed by atoms with E-state index < -0.39 is 44.5 Å². The number of carbonyl (C=O) groups excluding carboxylic acids is 1. The van der Waals surface area contributed by atoms with Crippen LogP contribution in [0.3, 0.4) is 0 Å². The van der Waals surface area contributed by atoms with Crippen molar-refractivity contribution >= 4 is 55.2 Å². The van der Waals surface area contributed by atoms with Crippen LogP contribution in [-0.4, -0.2) is 111 Å². The summed E-state index contributed by atoms with van der Waals surface area (Å²) in [4.78, 5) is 40.1. The zero-order valence-electron chi connectivity index (χ0n) is 39.5. The second-order valence-electron chi connectivity index (χ2n) is 20.4. The lowest BCUT2D eigenvalue weighted by molar-refractivity contribution is -0.384. The number of ether oxygens (including phenoxy) is 4. The lowest BCUT2D eigenvalue weighted by Crippen LogP contribution is -2.55. The van der Waals surface area contributed by atoms with Gasteiger partial charge in [0.2, 0.25) is 15.7 Å².